The van der Waals surface area contributed by atoms with E-state index >= 15 is 0 Å². The molecule has 2 aromatic heterocycles. The molecule has 0 spiro atoms. The number of benzene rings is 1. The molecule has 0 bridgehead atoms. The van der Waals surface area contributed by atoms with Crippen LogP contribution in [0, 0.1) is 0 Å². The Balaban J connectivity index is 2.19. The Morgan fingerprint density at radius 3 is 2.35 bits per heavy atom. The van der Waals surface area contributed by atoms with Gasteiger partial charge in [0.15, 0.2) is 0 Å². The van der Waals surface area contributed by atoms with Gasteiger partial charge in [0.05, 0.1) is 5.69 Å². The van der Waals surface area contributed by atoms with Gasteiger partial charge in [-0.3, -0.25) is 4.98 Å². The maximum atomic E-state index is 5.72. The van der Waals surface area contributed by atoms with E-state index in [1.54, 1.807) is 18.6 Å². The van der Waals surface area contributed by atoms with E-state index in [-0.39, 0.29) is 5.95 Å². The first-order valence-corrected chi connectivity index (χ1v) is 6.13. The van der Waals surface area contributed by atoms with Crippen molar-refractivity contribution in [2.45, 2.75) is 0 Å². The molecule has 4 N–H and O–H groups in total. The van der Waals surface area contributed by atoms with Crippen molar-refractivity contribution < 1.29 is 0 Å². The van der Waals surface area contributed by atoms with Crippen LogP contribution in [-0.2, 0) is 0 Å². The number of pyridine rings is 1. The molecule has 2 heterocycles. The second-order valence-electron chi connectivity index (χ2n) is 4.35. The molecule has 0 aliphatic rings. The quantitative estimate of drug-likeness (QED) is 0.693. The van der Waals surface area contributed by atoms with Gasteiger partial charge >= 0.3 is 0 Å². The summed E-state index contributed by atoms with van der Waals surface area (Å²) < 4.78 is 0. The predicted octanol–water partition coefficient (Wildman–Crippen LogP) is 2.37. The van der Waals surface area contributed by atoms with Gasteiger partial charge in [-0.1, -0.05) is 12.1 Å². The van der Waals surface area contributed by atoms with Gasteiger partial charge in [-0.25, -0.2) is 9.97 Å². The van der Waals surface area contributed by atoms with Crippen molar-refractivity contribution in [3.05, 3.63) is 55.0 Å². The van der Waals surface area contributed by atoms with Gasteiger partial charge < -0.3 is 11.5 Å². The average Bonchev–Trinajstić information content (AvgIpc) is 2.49. The second-order valence-corrected chi connectivity index (χ2v) is 4.35. The summed E-state index contributed by atoms with van der Waals surface area (Å²) in [5, 5.41) is 0. The molecule has 0 atom stereocenters. The van der Waals surface area contributed by atoms with Crippen molar-refractivity contribution in [3.8, 4) is 22.4 Å². The van der Waals surface area contributed by atoms with E-state index in [0.717, 1.165) is 22.4 Å². The van der Waals surface area contributed by atoms with E-state index in [9.17, 15) is 0 Å². The molecule has 0 saturated carbocycles. The minimum Gasteiger partial charge on any atom is -0.399 e. The van der Waals surface area contributed by atoms with E-state index in [0.29, 0.717) is 5.69 Å². The lowest BCUT2D eigenvalue weighted by atomic mass is 10.0. The van der Waals surface area contributed by atoms with Crippen molar-refractivity contribution in [1.82, 2.24) is 15.0 Å². The van der Waals surface area contributed by atoms with Crippen LogP contribution in [0.5, 0.6) is 0 Å². The Morgan fingerprint density at radius 1 is 0.850 bits per heavy atom. The van der Waals surface area contributed by atoms with Crippen LogP contribution in [0.15, 0.2) is 55.0 Å². The molecule has 0 radical (unpaired) electrons. The summed E-state index contributed by atoms with van der Waals surface area (Å²) in [7, 11) is 0. The SMILES string of the molecule is Nc1ccc(-c2cnc(N)nc2-c2cccnc2)cc1. The molecule has 0 saturated heterocycles. The van der Waals surface area contributed by atoms with Crippen LogP contribution >= 0.6 is 0 Å². The third-order valence-corrected chi connectivity index (χ3v) is 2.96. The maximum Gasteiger partial charge on any atom is 0.220 e. The molecule has 0 fully saturated rings. The van der Waals surface area contributed by atoms with Crippen LogP contribution < -0.4 is 11.5 Å². The molecule has 5 nitrogen and oxygen atoms in total. The summed E-state index contributed by atoms with van der Waals surface area (Å²) in [5.41, 5.74) is 15.7. The maximum absolute atomic E-state index is 5.72. The van der Waals surface area contributed by atoms with Crippen LogP contribution in [0.4, 0.5) is 11.6 Å². The van der Waals surface area contributed by atoms with Gasteiger partial charge in [0.25, 0.3) is 0 Å². The van der Waals surface area contributed by atoms with Gasteiger partial charge in [0.1, 0.15) is 0 Å². The molecular formula is C15H13N5. The molecule has 0 aliphatic heterocycles. The summed E-state index contributed by atoms with van der Waals surface area (Å²) in [6.45, 7) is 0. The third kappa shape index (κ3) is 2.29. The smallest absolute Gasteiger partial charge is 0.220 e. The summed E-state index contributed by atoms with van der Waals surface area (Å²) in [5.74, 6) is 0.239. The van der Waals surface area contributed by atoms with Crippen molar-refractivity contribution in [2.24, 2.45) is 0 Å². The predicted molar refractivity (Wildman–Crippen MR) is 79.5 cm³/mol. The van der Waals surface area contributed by atoms with Gasteiger partial charge in [0, 0.05) is 35.4 Å². The van der Waals surface area contributed by atoms with Crippen LogP contribution in [0.3, 0.4) is 0 Å². The molecular weight excluding hydrogens is 250 g/mol. The van der Waals surface area contributed by atoms with Crippen molar-refractivity contribution in [1.29, 1.82) is 0 Å². The topological polar surface area (TPSA) is 90.7 Å². The summed E-state index contributed by atoms with van der Waals surface area (Å²) >= 11 is 0. The van der Waals surface area contributed by atoms with E-state index in [4.69, 9.17) is 11.5 Å². The molecule has 98 valence electrons. The zero-order valence-electron chi connectivity index (χ0n) is 10.7. The summed E-state index contributed by atoms with van der Waals surface area (Å²) in [6.07, 6.45) is 5.19. The van der Waals surface area contributed by atoms with E-state index < -0.39 is 0 Å². The zero-order valence-corrected chi connectivity index (χ0v) is 10.7. The lowest BCUT2D eigenvalue weighted by Crippen LogP contribution is -1.99. The van der Waals surface area contributed by atoms with Crippen LogP contribution in [-0.4, -0.2) is 15.0 Å². The first-order chi connectivity index (χ1) is 9.74. The first-order valence-electron chi connectivity index (χ1n) is 6.13. The lowest BCUT2D eigenvalue weighted by molar-refractivity contribution is 1.18. The molecule has 3 rings (SSSR count). The zero-order chi connectivity index (χ0) is 13.9. The van der Waals surface area contributed by atoms with E-state index in [1.165, 1.54) is 0 Å². The molecule has 1 aromatic carbocycles. The number of aromatic nitrogens is 3. The van der Waals surface area contributed by atoms with Crippen LogP contribution in [0.25, 0.3) is 22.4 Å². The third-order valence-electron chi connectivity index (χ3n) is 2.96. The fourth-order valence-corrected chi connectivity index (χ4v) is 1.99. The van der Waals surface area contributed by atoms with Gasteiger partial charge in [-0.2, -0.15) is 0 Å². The molecule has 0 aliphatic carbocycles. The fourth-order valence-electron chi connectivity index (χ4n) is 1.99. The van der Waals surface area contributed by atoms with Crippen LogP contribution in [0.1, 0.15) is 0 Å². The molecule has 0 unspecified atom stereocenters. The largest absolute Gasteiger partial charge is 0.399 e. The van der Waals surface area contributed by atoms with Gasteiger partial charge in [-0.05, 0) is 29.8 Å². The minimum absolute atomic E-state index is 0.239. The average molecular weight is 263 g/mol. The van der Waals surface area contributed by atoms with Crippen molar-refractivity contribution in [3.63, 3.8) is 0 Å². The number of nitrogen functional groups attached to an aromatic ring is 2. The Labute approximate surface area is 116 Å². The van der Waals surface area contributed by atoms with Crippen molar-refractivity contribution >= 4 is 11.6 Å². The molecule has 3 aromatic rings. The highest BCUT2D eigenvalue weighted by molar-refractivity contribution is 5.80. The van der Waals surface area contributed by atoms with Crippen LogP contribution in [0.2, 0.25) is 0 Å². The van der Waals surface area contributed by atoms with E-state index in [1.807, 2.05) is 36.4 Å². The highest BCUT2D eigenvalue weighted by Gasteiger charge is 2.10. The standard InChI is InChI=1S/C15H13N5/c16-12-5-3-10(4-6-12)13-9-19-15(17)20-14(13)11-2-1-7-18-8-11/h1-9H,16H2,(H2,17,19,20). The number of rotatable bonds is 2. The summed E-state index contributed by atoms with van der Waals surface area (Å²) in [6, 6.07) is 11.4. The number of anilines is 2. The number of hydrogen-bond donors (Lipinski definition) is 2. The highest BCUT2D eigenvalue weighted by Crippen LogP contribution is 2.30. The van der Waals surface area contributed by atoms with E-state index in [2.05, 4.69) is 15.0 Å². The molecule has 20 heavy (non-hydrogen) atoms. The van der Waals surface area contributed by atoms with Gasteiger partial charge in [0.2, 0.25) is 5.95 Å². The Morgan fingerprint density at radius 2 is 1.65 bits per heavy atom. The Kier molecular flexibility index (Phi) is 3.01. The fraction of sp³-hybridized carbons (Fsp3) is 0. The monoisotopic (exact) mass is 263 g/mol. The summed E-state index contributed by atoms with van der Waals surface area (Å²) in [4.78, 5) is 12.5. The Hall–Kier alpha value is -2.95. The first kappa shape index (κ1) is 12.1. The highest BCUT2D eigenvalue weighted by atomic mass is 15.0. The van der Waals surface area contributed by atoms with Gasteiger partial charge in [-0.15, -0.1) is 0 Å². The second kappa shape index (κ2) is 4.97. The lowest BCUT2D eigenvalue weighted by Gasteiger charge is -2.09. The number of nitrogens with two attached hydrogens (primary N) is 2. The Bertz CT molecular complexity index is 723. The number of hydrogen-bond acceptors (Lipinski definition) is 5. The number of nitrogens with zero attached hydrogens (tertiary/aromatic N) is 3. The minimum atomic E-state index is 0.239. The van der Waals surface area contributed by atoms with Crippen molar-refractivity contribution in [2.75, 3.05) is 11.5 Å². The molecule has 5 heteroatoms. The normalized spacial score (nSPS) is 10.4. The molecule has 0 amide bonds.